The van der Waals surface area contributed by atoms with Gasteiger partial charge in [0.25, 0.3) is 5.91 Å². The van der Waals surface area contributed by atoms with Gasteiger partial charge in [0, 0.05) is 5.02 Å². The van der Waals surface area contributed by atoms with Crippen molar-refractivity contribution < 1.29 is 4.79 Å². The molecule has 0 radical (unpaired) electrons. The lowest BCUT2D eigenvalue weighted by atomic mass is 10.1. The molecular weight excluding hydrogens is 328 g/mol. The fourth-order valence-corrected chi connectivity index (χ4v) is 3.21. The SMILES string of the molecule is Cc1ccc(/C=C2\SC(=Nc3ccc(Cl)cc3C)NC2=O)cc1. The van der Waals surface area contributed by atoms with E-state index in [1.165, 1.54) is 17.3 Å². The first-order valence-corrected chi connectivity index (χ1v) is 8.33. The van der Waals surface area contributed by atoms with Crippen LogP contribution >= 0.6 is 23.4 Å². The van der Waals surface area contributed by atoms with Crippen LogP contribution in [0.4, 0.5) is 5.69 Å². The first kappa shape index (κ1) is 15.8. The molecule has 3 rings (SSSR count). The van der Waals surface area contributed by atoms with Crippen molar-refractivity contribution in [2.75, 3.05) is 0 Å². The van der Waals surface area contributed by atoms with Crippen LogP contribution in [0.15, 0.2) is 52.4 Å². The standard InChI is InChI=1S/C18H15ClN2OS/c1-11-3-5-13(6-4-11)10-16-17(22)21-18(23-16)20-15-8-7-14(19)9-12(15)2/h3-10H,1-2H3,(H,20,21,22)/b16-10-. The topological polar surface area (TPSA) is 41.5 Å². The van der Waals surface area contributed by atoms with Gasteiger partial charge in [-0.3, -0.25) is 4.79 Å². The van der Waals surface area contributed by atoms with Gasteiger partial charge < -0.3 is 5.32 Å². The molecule has 1 amide bonds. The Balaban J connectivity index is 1.84. The van der Waals surface area contributed by atoms with Crippen LogP contribution in [0.5, 0.6) is 0 Å². The first-order valence-electron chi connectivity index (χ1n) is 7.14. The Hall–Kier alpha value is -2.04. The molecule has 3 nitrogen and oxygen atoms in total. The number of carbonyl (C=O) groups excluding carboxylic acids is 1. The number of carbonyl (C=O) groups is 1. The molecule has 1 saturated heterocycles. The Morgan fingerprint density at radius 1 is 1.13 bits per heavy atom. The second-order valence-electron chi connectivity index (χ2n) is 5.32. The maximum absolute atomic E-state index is 12.1. The van der Waals surface area contributed by atoms with Crippen molar-refractivity contribution in [3.05, 3.63) is 69.1 Å². The van der Waals surface area contributed by atoms with E-state index in [9.17, 15) is 4.79 Å². The third-order valence-corrected chi connectivity index (χ3v) is 4.55. The molecule has 0 aromatic heterocycles. The summed E-state index contributed by atoms with van der Waals surface area (Å²) < 4.78 is 0. The number of amidine groups is 1. The lowest BCUT2D eigenvalue weighted by molar-refractivity contribution is -0.115. The molecule has 0 unspecified atom stereocenters. The van der Waals surface area contributed by atoms with Crippen molar-refractivity contribution in [3.63, 3.8) is 0 Å². The third-order valence-electron chi connectivity index (χ3n) is 3.41. The monoisotopic (exact) mass is 342 g/mol. The number of rotatable bonds is 2. The highest BCUT2D eigenvalue weighted by Crippen LogP contribution is 2.29. The summed E-state index contributed by atoms with van der Waals surface area (Å²) in [7, 11) is 0. The van der Waals surface area contributed by atoms with E-state index < -0.39 is 0 Å². The largest absolute Gasteiger partial charge is 0.300 e. The highest BCUT2D eigenvalue weighted by molar-refractivity contribution is 8.18. The van der Waals surface area contributed by atoms with E-state index in [1.807, 2.05) is 56.3 Å². The number of amides is 1. The fourth-order valence-electron chi connectivity index (χ4n) is 2.15. The molecule has 1 N–H and O–H groups in total. The molecule has 0 atom stereocenters. The molecule has 0 spiro atoms. The molecule has 2 aromatic carbocycles. The summed E-state index contributed by atoms with van der Waals surface area (Å²) in [6.07, 6.45) is 1.87. The zero-order chi connectivity index (χ0) is 16.4. The number of benzene rings is 2. The molecule has 5 heteroatoms. The summed E-state index contributed by atoms with van der Waals surface area (Å²) in [5, 5.41) is 4.06. The Labute approximate surface area is 144 Å². The van der Waals surface area contributed by atoms with Crippen LogP contribution in [-0.4, -0.2) is 11.1 Å². The van der Waals surface area contributed by atoms with Gasteiger partial charge in [-0.1, -0.05) is 41.4 Å². The summed E-state index contributed by atoms with van der Waals surface area (Å²) >= 11 is 7.29. The molecule has 1 aliphatic rings. The van der Waals surface area contributed by atoms with E-state index in [2.05, 4.69) is 10.3 Å². The summed E-state index contributed by atoms with van der Waals surface area (Å²) in [5.74, 6) is -0.124. The number of nitrogens with zero attached hydrogens (tertiary/aromatic N) is 1. The van der Waals surface area contributed by atoms with Gasteiger partial charge in [-0.05, 0) is 61.0 Å². The minimum atomic E-state index is -0.124. The van der Waals surface area contributed by atoms with E-state index in [0.717, 1.165) is 16.8 Å². The van der Waals surface area contributed by atoms with Crippen LogP contribution in [-0.2, 0) is 4.79 Å². The van der Waals surface area contributed by atoms with E-state index in [1.54, 1.807) is 6.07 Å². The lowest BCUT2D eigenvalue weighted by Crippen LogP contribution is -2.19. The Bertz CT molecular complexity index is 825. The average Bonchev–Trinajstić information content (AvgIpc) is 2.84. The van der Waals surface area contributed by atoms with Gasteiger partial charge in [-0.2, -0.15) is 0 Å². The second-order valence-corrected chi connectivity index (χ2v) is 6.79. The van der Waals surface area contributed by atoms with Crippen molar-refractivity contribution in [2.45, 2.75) is 13.8 Å². The quantitative estimate of drug-likeness (QED) is 0.793. The van der Waals surface area contributed by atoms with Crippen LogP contribution in [0.25, 0.3) is 6.08 Å². The van der Waals surface area contributed by atoms with Gasteiger partial charge >= 0.3 is 0 Å². The number of aliphatic imine (C=N–C) groups is 1. The normalized spacial score (nSPS) is 17.8. The van der Waals surface area contributed by atoms with E-state index >= 15 is 0 Å². The van der Waals surface area contributed by atoms with Gasteiger partial charge in [-0.25, -0.2) is 4.99 Å². The zero-order valence-electron chi connectivity index (χ0n) is 12.8. The summed E-state index contributed by atoms with van der Waals surface area (Å²) in [6.45, 7) is 3.98. The van der Waals surface area contributed by atoms with Crippen molar-refractivity contribution in [1.29, 1.82) is 0 Å². The van der Waals surface area contributed by atoms with E-state index in [4.69, 9.17) is 11.6 Å². The number of aryl methyl sites for hydroxylation is 2. The van der Waals surface area contributed by atoms with Crippen LogP contribution in [0, 0.1) is 13.8 Å². The molecule has 23 heavy (non-hydrogen) atoms. The predicted octanol–water partition coefficient (Wildman–Crippen LogP) is 4.85. The number of halogens is 1. The molecule has 2 aromatic rings. The Morgan fingerprint density at radius 3 is 2.57 bits per heavy atom. The highest BCUT2D eigenvalue weighted by Gasteiger charge is 2.23. The first-order chi connectivity index (χ1) is 11.0. The van der Waals surface area contributed by atoms with Crippen molar-refractivity contribution in [2.24, 2.45) is 4.99 Å². The number of nitrogens with one attached hydrogen (secondary N) is 1. The number of hydrogen-bond donors (Lipinski definition) is 1. The summed E-state index contributed by atoms with van der Waals surface area (Å²) in [5.41, 5.74) is 3.96. The van der Waals surface area contributed by atoms with Crippen molar-refractivity contribution in [1.82, 2.24) is 5.32 Å². The highest BCUT2D eigenvalue weighted by atomic mass is 35.5. The molecule has 0 bridgehead atoms. The van der Waals surface area contributed by atoms with Crippen LogP contribution in [0.2, 0.25) is 5.02 Å². The van der Waals surface area contributed by atoms with Gasteiger partial charge in [0.1, 0.15) is 0 Å². The van der Waals surface area contributed by atoms with Gasteiger partial charge in [-0.15, -0.1) is 0 Å². The van der Waals surface area contributed by atoms with E-state index in [-0.39, 0.29) is 5.91 Å². The Morgan fingerprint density at radius 2 is 1.87 bits per heavy atom. The minimum absolute atomic E-state index is 0.124. The zero-order valence-corrected chi connectivity index (χ0v) is 14.3. The van der Waals surface area contributed by atoms with Gasteiger partial charge in [0.15, 0.2) is 5.17 Å². The molecular formula is C18H15ClN2OS. The van der Waals surface area contributed by atoms with Gasteiger partial charge in [0.05, 0.1) is 10.6 Å². The second kappa shape index (κ2) is 6.60. The molecule has 1 heterocycles. The Kier molecular flexibility index (Phi) is 4.55. The van der Waals surface area contributed by atoms with Crippen LogP contribution < -0.4 is 5.32 Å². The summed E-state index contributed by atoms with van der Waals surface area (Å²) in [6, 6.07) is 13.5. The van der Waals surface area contributed by atoms with Gasteiger partial charge in [0.2, 0.25) is 0 Å². The molecule has 116 valence electrons. The number of thioether (sulfide) groups is 1. The van der Waals surface area contributed by atoms with Crippen molar-refractivity contribution in [3.8, 4) is 0 Å². The molecule has 0 aliphatic carbocycles. The third kappa shape index (κ3) is 3.84. The maximum Gasteiger partial charge on any atom is 0.264 e. The molecule has 0 saturated carbocycles. The number of hydrogen-bond acceptors (Lipinski definition) is 3. The van der Waals surface area contributed by atoms with Crippen LogP contribution in [0.3, 0.4) is 0 Å². The summed E-state index contributed by atoms with van der Waals surface area (Å²) in [4.78, 5) is 17.2. The molecule has 1 fully saturated rings. The predicted molar refractivity (Wildman–Crippen MR) is 98.2 cm³/mol. The molecule has 1 aliphatic heterocycles. The van der Waals surface area contributed by atoms with Crippen LogP contribution in [0.1, 0.15) is 16.7 Å². The fraction of sp³-hybridized carbons (Fsp3) is 0.111. The van der Waals surface area contributed by atoms with E-state index in [0.29, 0.717) is 15.1 Å². The lowest BCUT2D eigenvalue weighted by Gasteiger charge is -2.01. The minimum Gasteiger partial charge on any atom is -0.300 e. The maximum atomic E-state index is 12.1. The van der Waals surface area contributed by atoms with Crippen molar-refractivity contribution >= 4 is 46.2 Å². The smallest absolute Gasteiger partial charge is 0.264 e. The average molecular weight is 343 g/mol.